The minimum Gasteiger partial charge on any atom is -0.480 e. The molecule has 1 aliphatic carbocycles. The Kier molecular flexibility index (Phi) is 4.09. The number of urea groups is 1. The van der Waals surface area contributed by atoms with Gasteiger partial charge in [0.15, 0.2) is 0 Å². The lowest BCUT2D eigenvalue weighted by Gasteiger charge is -2.27. The Morgan fingerprint density at radius 3 is 2.50 bits per heavy atom. The van der Waals surface area contributed by atoms with Gasteiger partial charge in [-0.25, -0.2) is 4.79 Å². The zero-order valence-electron chi connectivity index (χ0n) is 11.0. The summed E-state index contributed by atoms with van der Waals surface area (Å²) in [5.74, 6) is 0.190. The maximum atomic E-state index is 12.3. The SMILES string of the molecule is CCC1CCN(C(=O)N(CC(=O)O)CC2CC2)C1. The summed E-state index contributed by atoms with van der Waals surface area (Å²) in [5, 5.41) is 8.89. The zero-order valence-corrected chi connectivity index (χ0v) is 11.0. The molecule has 0 spiro atoms. The fourth-order valence-electron chi connectivity index (χ4n) is 2.53. The smallest absolute Gasteiger partial charge is 0.323 e. The molecule has 0 aromatic rings. The molecule has 5 heteroatoms. The molecule has 5 nitrogen and oxygen atoms in total. The Morgan fingerprint density at radius 2 is 2.00 bits per heavy atom. The summed E-state index contributed by atoms with van der Waals surface area (Å²) in [6, 6.07) is -0.0831. The predicted molar refractivity (Wildman–Crippen MR) is 67.3 cm³/mol. The Bertz CT molecular complexity index is 328. The fourth-order valence-corrected chi connectivity index (χ4v) is 2.53. The van der Waals surface area contributed by atoms with Crippen LogP contribution in [0, 0.1) is 11.8 Å². The number of hydrogen-bond acceptors (Lipinski definition) is 2. The molecule has 2 rings (SSSR count). The Hall–Kier alpha value is -1.26. The topological polar surface area (TPSA) is 60.9 Å². The first-order valence-corrected chi connectivity index (χ1v) is 6.85. The van der Waals surface area contributed by atoms with Gasteiger partial charge in [-0.3, -0.25) is 4.79 Å². The molecule has 2 amide bonds. The van der Waals surface area contributed by atoms with E-state index < -0.39 is 5.97 Å². The van der Waals surface area contributed by atoms with E-state index in [4.69, 9.17) is 5.11 Å². The first kappa shape index (κ1) is 13.2. The number of likely N-dealkylation sites (tertiary alicyclic amines) is 1. The van der Waals surface area contributed by atoms with Gasteiger partial charge in [-0.2, -0.15) is 0 Å². The van der Waals surface area contributed by atoms with Crippen molar-refractivity contribution in [2.24, 2.45) is 11.8 Å². The Balaban J connectivity index is 1.91. The summed E-state index contributed by atoms with van der Waals surface area (Å²) < 4.78 is 0. The molecule has 1 unspecified atom stereocenters. The lowest BCUT2D eigenvalue weighted by molar-refractivity contribution is -0.137. The minimum atomic E-state index is -0.921. The molecule has 2 aliphatic rings. The second-order valence-electron chi connectivity index (χ2n) is 5.51. The van der Waals surface area contributed by atoms with Gasteiger partial charge in [0, 0.05) is 19.6 Å². The summed E-state index contributed by atoms with van der Waals surface area (Å²) in [7, 11) is 0. The van der Waals surface area contributed by atoms with Crippen LogP contribution in [0.1, 0.15) is 32.6 Å². The highest BCUT2D eigenvalue weighted by Gasteiger charge is 2.32. The number of rotatable bonds is 5. The van der Waals surface area contributed by atoms with Gasteiger partial charge in [0.25, 0.3) is 0 Å². The van der Waals surface area contributed by atoms with Crippen LogP contribution in [0.4, 0.5) is 4.79 Å². The predicted octanol–water partition coefficient (Wildman–Crippen LogP) is 1.63. The molecule has 2 fully saturated rings. The number of nitrogens with zero attached hydrogens (tertiary/aromatic N) is 2. The summed E-state index contributed by atoms with van der Waals surface area (Å²) in [6.07, 6.45) is 4.39. The molecule has 0 radical (unpaired) electrons. The molecule has 18 heavy (non-hydrogen) atoms. The van der Waals surface area contributed by atoms with Crippen molar-refractivity contribution in [1.29, 1.82) is 0 Å². The molecule has 0 bridgehead atoms. The van der Waals surface area contributed by atoms with E-state index in [0.717, 1.165) is 38.8 Å². The number of carbonyl (C=O) groups is 2. The van der Waals surface area contributed by atoms with Gasteiger partial charge >= 0.3 is 12.0 Å². The largest absolute Gasteiger partial charge is 0.480 e. The lowest BCUT2D eigenvalue weighted by atomic mass is 10.1. The van der Waals surface area contributed by atoms with Crippen LogP contribution < -0.4 is 0 Å². The maximum Gasteiger partial charge on any atom is 0.323 e. The maximum absolute atomic E-state index is 12.3. The average Bonchev–Trinajstić information content (AvgIpc) is 3.01. The lowest BCUT2D eigenvalue weighted by Crippen LogP contribution is -2.45. The standard InChI is InChI=1S/C13H22N2O3/c1-2-10-5-6-14(7-10)13(18)15(9-12(16)17)8-11-3-4-11/h10-11H,2-9H2,1H3,(H,16,17). The van der Waals surface area contributed by atoms with E-state index in [1.165, 1.54) is 4.90 Å². The average molecular weight is 254 g/mol. The van der Waals surface area contributed by atoms with Crippen molar-refractivity contribution in [3.63, 3.8) is 0 Å². The summed E-state index contributed by atoms with van der Waals surface area (Å²) in [6.45, 7) is 4.15. The highest BCUT2D eigenvalue weighted by Crippen LogP contribution is 2.30. The van der Waals surface area contributed by atoms with Crippen molar-refractivity contribution in [2.75, 3.05) is 26.2 Å². The third kappa shape index (κ3) is 3.37. The summed E-state index contributed by atoms with van der Waals surface area (Å²) >= 11 is 0. The van der Waals surface area contributed by atoms with E-state index >= 15 is 0 Å². The van der Waals surface area contributed by atoms with Crippen LogP contribution in [0.15, 0.2) is 0 Å². The van der Waals surface area contributed by atoms with Gasteiger partial charge in [0.1, 0.15) is 6.54 Å². The van der Waals surface area contributed by atoms with Gasteiger partial charge in [0.2, 0.25) is 0 Å². The third-order valence-corrected chi connectivity index (χ3v) is 3.91. The van der Waals surface area contributed by atoms with Crippen molar-refractivity contribution in [1.82, 2.24) is 9.80 Å². The van der Waals surface area contributed by atoms with Crippen LogP contribution in [0.2, 0.25) is 0 Å². The molecule has 1 heterocycles. The molecule has 1 atom stereocenters. The van der Waals surface area contributed by atoms with E-state index in [2.05, 4.69) is 6.92 Å². The molecule has 1 saturated carbocycles. The normalized spacial score (nSPS) is 23.2. The number of amides is 2. The molecule has 0 aromatic carbocycles. The van der Waals surface area contributed by atoms with Gasteiger partial charge in [-0.1, -0.05) is 13.3 Å². The highest BCUT2D eigenvalue weighted by atomic mass is 16.4. The summed E-state index contributed by atoms with van der Waals surface area (Å²) in [4.78, 5) is 26.5. The number of carboxylic acid groups (broad SMARTS) is 1. The second-order valence-corrected chi connectivity index (χ2v) is 5.51. The molecular weight excluding hydrogens is 232 g/mol. The van der Waals surface area contributed by atoms with Crippen LogP contribution in [-0.4, -0.2) is 53.1 Å². The van der Waals surface area contributed by atoms with Crippen molar-refractivity contribution < 1.29 is 14.7 Å². The van der Waals surface area contributed by atoms with Gasteiger partial charge in [-0.15, -0.1) is 0 Å². The zero-order chi connectivity index (χ0) is 13.1. The number of carbonyl (C=O) groups excluding carboxylic acids is 1. The second kappa shape index (κ2) is 5.59. The first-order chi connectivity index (χ1) is 8.60. The summed E-state index contributed by atoms with van der Waals surface area (Å²) in [5.41, 5.74) is 0. The number of carboxylic acids is 1. The van der Waals surface area contributed by atoms with Crippen LogP contribution in [0.5, 0.6) is 0 Å². The van der Waals surface area contributed by atoms with Crippen LogP contribution in [-0.2, 0) is 4.79 Å². The Labute approximate surface area is 108 Å². The quantitative estimate of drug-likeness (QED) is 0.811. The van der Waals surface area contributed by atoms with Crippen molar-refractivity contribution in [3.8, 4) is 0 Å². The molecule has 0 aromatic heterocycles. The molecular formula is C13H22N2O3. The fraction of sp³-hybridized carbons (Fsp3) is 0.846. The Morgan fingerprint density at radius 1 is 1.28 bits per heavy atom. The van der Waals surface area contributed by atoms with Crippen molar-refractivity contribution in [3.05, 3.63) is 0 Å². The van der Waals surface area contributed by atoms with Gasteiger partial charge < -0.3 is 14.9 Å². The van der Waals surface area contributed by atoms with E-state index in [-0.39, 0.29) is 12.6 Å². The first-order valence-electron chi connectivity index (χ1n) is 6.85. The molecule has 102 valence electrons. The molecule has 1 saturated heterocycles. The van der Waals surface area contributed by atoms with E-state index in [0.29, 0.717) is 18.4 Å². The van der Waals surface area contributed by atoms with Gasteiger partial charge in [-0.05, 0) is 31.1 Å². The minimum absolute atomic E-state index is 0.0831. The monoisotopic (exact) mass is 254 g/mol. The third-order valence-electron chi connectivity index (χ3n) is 3.91. The molecule has 1 aliphatic heterocycles. The molecule has 1 N–H and O–H groups in total. The highest BCUT2D eigenvalue weighted by molar-refractivity contribution is 5.80. The van der Waals surface area contributed by atoms with Crippen LogP contribution >= 0.6 is 0 Å². The van der Waals surface area contributed by atoms with Gasteiger partial charge in [0.05, 0.1) is 0 Å². The van der Waals surface area contributed by atoms with E-state index in [1.54, 1.807) is 0 Å². The number of aliphatic carboxylic acids is 1. The number of hydrogen-bond donors (Lipinski definition) is 1. The van der Waals surface area contributed by atoms with Crippen molar-refractivity contribution in [2.45, 2.75) is 32.6 Å². The van der Waals surface area contributed by atoms with Crippen LogP contribution in [0.25, 0.3) is 0 Å². The van der Waals surface area contributed by atoms with Crippen LogP contribution in [0.3, 0.4) is 0 Å². The van der Waals surface area contributed by atoms with Crippen molar-refractivity contribution >= 4 is 12.0 Å². The van der Waals surface area contributed by atoms with E-state index in [1.807, 2.05) is 4.90 Å². The van der Waals surface area contributed by atoms with E-state index in [9.17, 15) is 9.59 Å².